The number of carbonyl (C=O) groups is 3. The summed E-state index contributed by atoms with van der Waals surface area (Å²) in [6.07, 6.45) is 2.22. The number of hydrogen-bond acceptors (Lipinski definition) is 3. The first kappa shape index (κ1) is 15.9. The maximum atomic E-state index is 12.5. The Balaban J connectivity index is 1.84. The smallest absolute Gasteiger partial charge is 0.266 e. The van der Waals surface area contributed by atoms with Crippen LogP contribution in [0.2, 0.25) is 0 Å². The molecule has 0 unspecified atom stereocenters. The lowest BCUT2D eigenvalue weighted by Crippen LogP contribution is -2.29. The number of fused-ring (bicyclic) bond motifs is 1. The van der Waals surface area contributed by atoms with Crippen molar-refractivity contribution in [2.45, 2.75) is 26.2 Å². The molecule has 0 aromatic heterocycles. The summed E-state index contributed by atoms with van der Waals surface area (Å²) in [4.78, 5) is 38.0. The largest absolute Gasteiger partial charge is 0.326 e. The Kier molecular flexibility index (Phi) is 4.42. The molecule has 0 saturated carbocycles. The van der Waals surface area contributed by atoms with Crippen LogP contribution in [0.15, 0.2) is 48.5 Å². The van der Waals surface area contributed by atoms with Crippen LogP contribution in [0.1, 0.15) is 46.9 Å². The summed E-state index contributed by atoms with van der Waals surface area (Å²) in [7, 11) is 0. The third-order valence-corrected chi connectivity index (χ3v) is 3.94. The van der Waals surface area contributed by atoms with Gasteiger partial charge in [0.2, 0.25) is 5.91 Å². The highest BCUT2D eigenvalue weighted by atomic mass is 16.2. The lowest BCUT2D eigenvalue weighted by atomic mass is 10.1. The van der Waals surface area contributed by atoms with Crippen LogP contribution in [0.4, 0.5) is 11.4 Å². The lowest BCUT2D eigenvalue weighted by molar-refractivity contribution is -0.116. The molecule has 1 heterocycles. The molecule has 2 aromatic rings. The van der Waals surface area contributed by atoms with Crippen LogP contribution in [0, 0.1) is 0 Å². The molecule has 5 heteroatoms. The third kappa shape index (κ3) is 2.93. The predicted molar refractivity (Wildman–Crippen MR) is 92.2 cm³/mol. The van der Waals surface area contributed by atoms with E-state index in [9.17, 15) is 14.4 Å². The topological polar surface area (TPSA) is 66.5 Å². The summed E-state index contributed by atoms with van der Waals surface area (Å²) < 4.78 is 0. The van der Waals surface area contributed by atoms with Crippen molar-refractivity contribution in [1.82, 2.24) is 0 Å². The summed E-state index contributed by atoms with van der Waals surface area (Å²) in [6.45, 7) is 2.02. The van der Waals surface area contributed by atoms with Crippen molar-refractivity contribution in [3.63, 3.8) is 0 Å². The molecule has 0 fully saturated rings. The Morgan fingerprint density at radius 2 is 1.67 bits per heavy atom. The molecule has 0 aliphatic carbocycles. The second-order valence-electron chi connectivity index (χ2n) is 5.69. The van der Waals surface area contributed by atoms with Crippen molar-refractivity contribution in [3.8, 4) is 0 Å². The third-order valence-electron chi connectivity index (χ3n) is 3.94. The SMILES string of the molecule is CCCCC(=O)Nc1cccc(N2C(=O)c3ccccc3C2=O)c1. The predicted octanol–water partition coefficient (Wildman–Crippen LogP) is 3.62. The molecule has 3 amide bonds. The Morgan fingerprint density at radius 3 is 2.29 bits per heavy atom. The van der Waals surface area contributed by atoms with E-state index in [-0.39, 0.29) is 17.7 Å². The molecule has 2 aromatic carbocycles. The fourth-order valence-electron chi connectivity index (χ4n) is 2.71. The first-order valence-corrected chi connectivity index (χ1v) is 7.99. The highest BCUT2D eigenvalue weighted by molar-refractivity contribution is 6.34. The van der Waals surface area contributed by atoms with Gasteiger partial charge >= 0.3 is 0 Å². The summed E-state index contributed by atoms with van der Waals surface area (Å²) in [5.74, 6) is -0.758. The van der Waals surface area contributed by atoms with Crippen LogP contribution in [0.3, 0.4) is 0 Å². The zero-order valence-corrected chi connectivity index (χ0v) is 13.4. The van der Waals surface area contributed by atoms with Gasteiger partial charge in [-0.05, 0) is 36.8 Å². The van der Waals surface area contributed by atoms with Gasteiger partial charge in [0.1, 0.15) is 0 Å². The second kappa shape index (κ2) is 6.66. The van der Waals surface area contributed by atoms with E-state index in [0.717, 1.165) is 17.7 Å². The Bertz CT molecular complexity index is 779. The minimum Gasteiger partial charge on any atom is -0.326 e. The van der Waals surface area contributed by atoms with Gasteiger partial charge in [0.25, 0.3) is 11.8 Å². The van der Waals surface area contributed by atoms with Gasteiger partial charge in [0, 0.05) is 12.1 Å². The minimum atomic E-state index is -0.343. The molecule has 5 nitrogen and oxygen atoms in total. The molecule has 0 atom stereocenters. The van der Waals surface area contributed by atoms with Gasteiger partial charge in [-0.3, -0.25) is 14.4 Å². The molecule has 0 spiro atoms. The number of nitrogens with one attached hydrogen (secondary N) is 1. The van der Waals surface area contributed by atoms with Gasteiger partial charge in [-0.2, -0.15) is 0 Å². The Morgan fingerprint density at radius 1 is 1.00 bits per heavy atom. The quantitative estimate of drug-likeness (QED) is 0.855. The summed E-state index contributed by atoms with van der Waals surface area (Å²) >= 11 is 0. The molecule has 0 radical (unpaired) electrons. The van der Waals surface area contributed by atoms with Crippen molar-refractivity contribution in [3.05, 3.63) is 59.7 Å². The van der Waals surface area contributed by atoms with Gasteiger partial charge in [-0.1, -0.05) is 31.5 Å². The summed E-state index contributed by atoms with van der Waals surface area (Å²) in [6, 6.07) is 13.5. The minimum absolute atomic E-state index is 0.0728. The fourth-order valence-corrected chi connectivity index (χ4v) is 2.71. The molecular weight excluding hydrogens is 304 g/mol. The number of rotatable bonds is 5. The van der Waals surface area contributed by atoms with E-state index in [2.05, 4.69) is 5.32 Å². The Hall–Kier alpha value is -2.95. The van der Waals surface area contributed by atoms with Gasteiger partial charge < -0.3 is 5.32 Å². The van der Waals surface area contributed by atoms with E-state index in [4.69, 9.17) is 0 Å². The van der Waals surface area contributed by atoms with Crippen molar-refractivity contribution in [2.24, 2.45) is 0 Å². The number of carbonyl (C=O) groups excluding carboxylic acids is 3. The van der Waals surface area contributed by atoms with Gasteiger partial charge in [-0.25, -0.2) is 4.90 Å². The average Bonchev–Trinajstić information content (AvgIpc) is 2.85. The molecular formula is C19H18N2O3. The number of anilines is 2. The van der Waals surface area contributed by atoms with Crippen molar-refractivity contribution in [2.75, 3.05) is 10.2 Å². The number of nitrogens with zero attached hydrogens (tertiary/aromatic N) is 1. The zero-order chi connectivity index (χ0) is 17.1. The van der Waals surface area contributed by atoms with E-state index >= 15 is 0 Å². The number of benzene rings is 2. The molecule has 3 rings (SSSR count). The van der Waals surface area contributed by atoms with Crippen LogP contribution in [0.25, 0.3) is 0 Å². The van der Waals surface area contributed by atoms with E-state index in [0.29, 0.717) is 28.9 Å². The first-order chi connectivity index (χ1) is 11.6. The number of unbranched alkanes of at least 4 members (excludes halogenated alkanes) is 1. The summed E-state index contributed by atoms with van der Waals surface area (Å²) in [5, 5.41) is 2.80. The zero-order valence-electron chi connectivity index (χ0n) is 13.4. The highest BCUT2D eigenvalue weighted by Crippen LogP contribution is 2.29. The maximum absolute atomic E-state index is 12.5. The highest BCUT2D eigenvalue weighted by Gasteiger charge is 2.36. The monoisotopic (exact) mass is 322 g/mol. The molecule has 0 saturated heterocycles. The van der Waals surface area contributed by atoms with Crippen molar-refractivity contribution >= 4 is 29.1 Å². The van der Waals surface area contributed by atoms with Crippen LogP contribution in [0.5, 0.6) is 0 Å². The standard InChI is InChI=1S/C19H18N2O3/c1-2-3-11-17(22)20-13-7-6-8-14(12-13)21-18(23)15-9-4-5-10-16(15)19(21)24/h4-10,12H,2-3,11H2,1H3,(H,20,22). The van der Waals surface area contributed by atoms with E-state index in [1.54, 1.807) is 48.5 Å². The van der Waals surface area contributed by atoms with Crippen LogP contribution in [-0.2, 0) is 4.79 Å². The Labute approximate surface area is 140 Å². The molecule has 1 aliphatic rings. The number of amides is 3. The van der Waals surface area contributed by atoms with E-state index in [1.165, 1.54) is 0 Å². The fraction of sp³-hybridized carbons (Fsp3) is 0.211. The number of imide groups is 1. The van der Waals surface area contributed by atoms with Crippen molar-refractivity contribution < 1.29 is 14.4 Å². The van der Waals surface area contributed by atoms with Crippen molar-refractivity contribution in [1.29, 1.82) is 0 Å². The molecule has 122 valence electrons. The van der Waals surface area contributed by atoms with Gasteiger partial charge in [0.05, 0.1) is 16.8 Å². The number of hydrogen-bond donors (Lipinski definition) is 1. The first-order valence-electron chi connectivity index (χ1n) is 7.99. The van der Waals surface area contributed by atoms with Gasteiger partial charge in [0.15, 0.2) is 0 Å². The maximum Gasteiger partial charge on any atom is 0.266 e. The second-order valence-corrected chi connectivity index (χ2v) is 5.69. The molecule has 24 heavy (non-hydrogen) atoms. The van der Waals surface area contributed by atoms with Crippen LogP contribution in [-0.4, -0.2) is 17.7 Å². The molecule has 1 aliphatic heterocycles. The lowest BCUT2D eigenvalue weighted by Gasteiger charge is -2.15. The molecule has 0 bridgehead atoms. The van der Waals surface area contributed by atoms with Crippen LogP contribution >= 0.6 is 0 Å². The van der Waals surface area contributed by atoms with Gasteiger partial charge in [-0.15, -0.1) is 0 Å². The molecule has 1 N–H and O–H groups in total. The van der Waals surface area contributed by atoms with E-state index < -0.39 is 0 Å². The average molecular weight is 322 g/mol. The normalized spacial score (nSPS) is 13.1. The van der Waals surface area contributed by atoms with E-state index in [1.807, 2.05) is 6.92 Å². The van der Waals surface area contributed by atoms with Crippen LogP contribution < -0.4 is 10.2 Å². The summed E-state index contributed by atoms with van der Waals surface area (Å²) in [5.41, 5.74) is 1.83.